The first-order chi connectivity index (χ1) is 11.9. The molecular weight excluding hydrogens is 336 g/mol. The van der Waals surface area contributed by atoms with Gasteiger partial charge in [-0.3, -0.25) is 0 Å². The third-order valence-electron chi connectivity index (χ3n) is 4.25. The van der Waals surface area contributed by atoms with E-state index in [0.717, 1.165) is 12.8 Å². The molecule has 0 spiro atoms. The van der Waals surface area contributed by atoms with Gasteiger partial charge in [0, 0.05) is 7.11 Å². The largest absolute Gasteiger partial charge is 0.377 e. The monoisotopic (exact) mass is 368 g/mol. The van der Waals surface area contributed by atoms with E-state index in [2.05, 4.69) is 13.0 Å². The van der Waals surface area contributed by atoms with Gasteiger partial charge >= 0.3 is 0 Å². The molecule has 3 unspecified atom stereocenters. The van der Waals surface area contributed by atoms with Crippen LogP contribution in [0.5, 0.6) is 0 Å². The van der Waals surface area contributed by atoms with E-state index >= 15 is 0 Å². The summed E-state index contributed by atoms with van der Waals surface area (Å²) in [5, 5.41) is -0.479. The zero-order valence-electron chi connectivity index (χ0n) is 15.9. The van der Waals surface area contributed by atoms with Crippen LogP contribution in [0.1, 0.15) is 40.0 Å². The summed E-state index contributed by atoms with van der Waals surface area (Å²) in [6.45, 7) is 6.38. The average Bonchev–Trinajstić information content (AvgIpc) is 2.60. The highest BCUT2D eigenvalue weighted by atomic mass is 32.2. The highest BCUT2D eigenvalue weighted by molar-refractivity contribution is 7.92. The molecule has 3 atom stereocenters. The van der Waals surface area contributed by atoms with Crippen molar-refractivity contribution in [3.8, 4) is 0 Å². The fourth-order valence-electron chi connectivity index (χ4n) is 2.57. The van der Waals surface area contributed by atoms with Crippen LogP contribution in [0.4, 0.5) is 0 Å². The van der Waals surface area contributed by atoms with Crippen molar-refractivity contribution in [2.45, 2.75) is 57.5 Å². The van der Waals surface area contributed by atoms with Gasteiger partial charge in [0.1, 0.15) is 0 Å². The molecule has 0 fully saturated rings. The van der Waals surface area contributed by atoms with Crippen molar-refractivity contribution >= 4 is 9.84 Å². The zero-order chi connectivity index (χ0) is 18.7. The maximum atomic E-state index is 12.4. The second-order valence-electron chi connectivity index (χ2n) is 6.23. The fraction of sp³-hybridized carbons (Fsp3) is 0.600. The van der Waals surface area contributed by atoms with Crippen LogP contribution in [-0.2, 0) is 19.3 Å². The lowest BCUT2D eigenvalue weighted by Gasteiger charge is -2.15. The molecule has 142 valence electrons. The first kappa shape index (κ1) is 21.9. The van der Waals surface area contributed by atoms with Crippen molar-refractivity contribution < 1.29 is 17.9 Å². The van der Waals surface area contributed by atoms with Crippen LogP contribution in [-0.4, -0.2) is 45.3 Å². The van der Waals surface area contributed by atoms with Gasteiger partial charge in [0.15, 0.2) is 9.84 Å². The summed E-state index contributed by atoms with van der Waals surface area (Å²) < 4.78 is 35.9. The van der Waals surface area contributed by atoms with Gasteiger partial charge in [0.25, 0.3) is 0 Å². The standard InChI is InChI=1S/C20H32O4S/c1-5-18(23-4)9-8-16-25(21,22)20(6-2)10-7-15-24-19-13-11-17(3)12-14-19/h7-13,18-20H,5-6,14-16H2,1-4H3/b9-8-,10-7-. The molecule has 5 heteroatoms. The third-order valence-corrected chi connectivity index (χ3v) is 6.32. The van der Waals surface area contributed by atoms with E-state index in [9.17, 15) is 8.42 Å². The molecule has 4 nitrogen and oxygen atoms in total. The third kappa shape index (κ3) is 8.17. The summed E-state index contributed by atoms with van der Waals surface area (Å²) in [5.41, 5.74) is 1.25. The Morgan fingerprint density at radius 1 is 1.24 bits per heavy atom. The van der Waals surface area contributed by atoms with Gasteiger partial charge in [-0.25, -0.2) is 8.42 Å². The Kier molecular flexibility index (Phi) is 10.0. The first-order valence-corrected chi connectivity index (χ1v) is 10.7. The molecule has 0 aromatic rings. The second kappa shape index (κ2) is 11.4. The Morgan fingerprint density at radius 2 is 2.00 bits per heavy atom. The summed E-state index contributed by atoms with van der Waals surface area (Å²) in [4.78, 5) is 0. The van der Waals surface area contributed by atoms with Crippen LogP contribution >= 0.6 is 0 Å². The number of hydrogen-bond donors (Lipinski definition) is 0. The Balaban J connectivity index is 2.49. The van der Waals surface area contributed by atoms with Gasteiger partial charge in [-0.1, -0.05) is 62.0 Å². The maximum Gasteiger partial charge on any atom is 0.160 e. The fourth-order valence-corrected chi connectivity index (χ4v) is 4.06. The molecule has 0 bridgehead atoms. The summed E-state index contributed by atoms with van der Waals surface area (Å²) in [6, 6.07) is 0. The molecule has 0 amide bonds. The zero-order valence-corrected chi connectivity index (χ0v) is 16.7. The van der Waals surface area contributed by atoms with Crippen LogP contribution in [0.25, 0.3) is 0 Å². The molecule has 0 heterocycles. The number of hydrogen-bond acceptors (Lipinski definition) is 4. The van der Waals surface area contributed by atoms with E-state index < -0.39 is 15.1 Å². The van der Waals surface area contributed by atoms with Crippen molar-refractivity contribution in [3.05, 3.63) is 48.1 Å². The van der Waals surface area contributed by atoms with Crippen LogP contribution in [0, 0.1) is 0 Å². The molecule has 0 aliphatic heterocycles. The quantitative estimate of drug-likeness (QED) is 0.517. The molecule has 0 saturated heterocycles. The number of ether oxygens (including phenoxy) is 2. The van der Waals surface area contributed by atoms with E-state index in [4.69, 9.17) is 9.47 Å². The van der Waals surface area contributed by atoms with Crippen LogP contribution < -0.4 is 0 Å². The van der Waals surface area contributed by atoms with Gasteiger partial charge < -0.3 is 9.47 Å². The van der Waals surface area contributed by atoms with E-state index in [0.29, 0.717) is 13.0 Å². The summed E-state index contributed by atoms with van der Waals surface area (Å²) >= 11 is 0. The molecule has 1 rings (SSSR count). The molecule has 1 aliphatic rings. The van der Waals surface area contributed by atoms with E-state index in [1.54, 1.807) is 19.3 Å². The SMILES string of the molecule is CCC(/C=C\CS(=O)(=O)C(/C=C\COC1C=CC(C)=CC1)CC)OC. The van der Waals surface area contributed by atoms with E-state index in [1.165, 1.54) is 5.57 Å². The van der Waals surface area contributed by atoms with E-state index in [1.807, 2.05) is 38.2 Å². The number of sulfone groups is 1. The molecule has 25 heavy (non-hydrogen) atoms. The number of allylic oxidation sites excluding steroid dienone is 2. The highest BCUT2D eigenvalue weighted by Gasteiger charge is 2.19. The lowest BCUT2D eigenvalue weighted by atomic mass is 10.1. The van der Waals surface area contributed by atoms with Crippen molar-refractivity contribution in [1.29, 1.82) is 0 Å². The molecule has 0 radical (unpaired) electrons. The van der Waals surface area contributed by atoms with Crippen LogP contribution in [0.15, 0.2) is 48.1 Å². The Bertz CT molecular complexity index is 595. The van der Waals surface area contributed by atoms with Gasteiger partial charge in [-0.05, 0) is 26.2 Å². The van der Waals surface area contributed by atoms with Crippen molar-refractivity contribution in [1.82, 2.24) is 0 Å². The molecule has 1 aliphatic carbocycles. The van der Waals surface area contributed by atoms with E-state index in [-0.39, 0.29) is 18.0 Å². The van der Waals surface area contributed by atoms with Gasteiger partial charge in [0.05, 0.1) is 29.8 Å². The van der Waals surface area contributed by atoms with Gasteiger partial charge in [-0.15, -0.1) is 0 Å². The van der Waals surface area contributed by atoms with Crippen molar-refractivity contribution in [2.75, 3.05) is 19.5 Å². The Hall–Kier alpha value is -1.17. The minimum absolute atomic E-state index is 0.0274. The number of rotatable bonds is 11. The Morgan fingerprint density at radius 3 is 2.56 bits per heavy atom. The molecular formula is C20H32O4S. The maximum absolute atomic E-state index is 12.4. The van der Waals surface area contributed by atoms with Crippen molar-refractivity contribution in [2.24, 2.45) is 0 Å². The molecule has 0 aromatic heterocycles. The smallest absolute Gasteiger partial charge is 0.160 e. The van der Waals surface area contributed by atoms with Crippen LogP contribution in [0.3, 0.4) is 0 Å². The van der Waals surface area contributed by atoms with Crippen LogP contribution in [0.2, 0.25) is 0 Å². The number of methoxy groups -OCH3 is 1. The Labute approximate surface area is 153 Å². The van der Waals surface area contributed by atoms with Gasteiger partial charge in [-0.2, -0.15) is 0 Å². The summed E-state index contributed by atoms with van der Waals surface area (Å²) in [7, 11) is -1.58. The predicted octanol–water partition coefficient (Wildman–Crippen LogP) is 4.01. The second-order valence-corrected chi connectivity index (χ2v) is 8.49. The topological polar surface area (TPSA) is 52.6 Å². The lowest BCUT2D eigenvalue weighted by molar-refractivity contribution is 0.110. The normalized spacial score (nSPS) is 21.0. The highest BCUT2D eigenvalue weighted by Crippen LogP contribution is 2.13. The first-order valence-electron chi connectivity index (χ1n) is 8.97. The minimum Gasteiger partial charge on any atom is -0.377 e. The predicted molar refractivity (Wildman–Crippen MR) is 104 cm³/mol. The average molecular weight is 369 g/mol. The van der Waals surface area contributed by atoms with Gasteiger partial charge in [0.2, 0.25) is 0 Å². The lowest BCUT2D eigenvalue weighted by Crippen LogP contribution is -2.21. The molecule has 0 N–H and O–H groups in total. The van der Waals surface area contributed by atoms with Crippen molar-refractivity contribution in [3.63, 3.8) is 0 Å². The summed E-state index contributed by atoms with van der Waals surface area (Å²) in [5.74, 6) is 0.0337. The molecule has 0 aromatic carbocycles. The molecule has 0 saturated carbocycles. The summed E-state index contributed by atoms with van der Waals surface area (Å²) in [6.07, 6.45) is 15.6. The minimum atomic E-state index is -3.21.